The van der Waals surface area contributed by atoms with Crippen LogP contribution < -0.4 is 10.1 Å². The summed E-state index contributed by atoms with van der Waals surface area (Å²) in [4.78, 5) is 21.5. The van der Waals surface area contributed by atoms with Crippen molar-refractivity contribution in [1.82, 2.24) is 5.32 Å². The van der Waals surface area contributed by atoms with Gasteiger partial charge in [0.25, 0.3) is 0 Å². The Balaban J connectivity index is 2.46. The summed E-state index contributed by atoms with van der Waals surface area (Å²) in [5.74, 6) is -0.811. The van der Waals surface area contributed by atoms with Gasteiger partial charge in [-0.15, -0.1) is 0 Å². The van der Waals surface area contributed by atoms with Crippen LogP contribution in [0.4, 0.5) is 0 Å². The first kappa shape index (κ1) is 16.0. The Morgan fingerprint density at radius 3 is 2.60 bits per heavy atom. The van der Waals surface area contributed by atoms with E-state index in [2.05, 4.69) is 5.32 Å². The molecule has 5 heteroatoms. The third-order valence-electron chi connectivity index (χ3n) is 2.37. The maximum absolute atomic E-state index is 11.2. The van der Waals surface area contributed by atoms with Crippen molar-refractivity contribution in [2.45, 2.75) is 39.2 Å². The monoisotopic (exact) mass is 279 g/mol. The lowest BCUT2D eigenvalue weighted by Gasteiger charge is -2.21. The molecule has 0 aliphatic carbocycles. The van der Waals surface area contributed by atoms with Crippen LogP contribution in [-0.4, -0.2) is 29.1 Å². The van der Waals surface area contributed by atoms with Crippen molar-refractivity contribution in [2.75, 3.05) is 6.54 Å². The highest BCUT2D eigenvalue weighted by molar-refractivity contribution is 5.93. The number of carboxylic acids is 1. The third kappa shape index (κ3) is 6.78. The molecule has 0 aromatic heterocycles. The van der Waals surface area contributed by atoms with E-state index in [9.17, 15) is 9.59 Å². The van der Waals surface area contributed by atoms with Crippen LogP contribution in [-0.2, 0) is 16.0 Å². The number of ether oxygens (including phenoxy) is 1. The number of aliphatic carboxylic acids is 1. The first-order valence-corrected chi connectivity index (χ1v) is 6.53. The zero-order chi connectivity index (χ0) is 15.2. The molecule has 1 rings (SSSR count). The van der Waals surface area contributed by atoms with Gasteiger partial charge in [0.05, 0.1) is 0 Å². The van der Waals surface area contributed by atoms with E-state index >= 15 is 0 Å². The lowest BCUT2D eigenvalue weighted by Crippen LogP contribution is -2.27. The van der Waals surface area contributed by atoms with E-state index in [1.165, 1.54) is 0 Å². The molecule has 0 spiro atoms. The lowest BCUT2D eigenvalue weighted by atomic mass is 10.1. The number of amides is 1. The molecule has 2 N–H and O–H groups in total. The van der Waals surface area contributed by atoms with Crippen molar-refractivity contribution >= 4 is 11.9 Å². The summed E-state index contributed by atoms with van der Waals surface area (Å²) in [6, 6.07) is 7.65. The maximum atomic E-state index is 11.2. The van der Waals surface area contributed by atoms with Crippen LogP contribution in [0.25, 0.3) is 0 Å². The van der Waals surface area contributed by atoms with Gasteiger partial charge in [-0.05, 0) is 44.9 Å². The van der Waals surface area contributed by atoms with Crippen molar-refractivity contribution in [2.24, 2.45) is 0 Å². The number of nitrogens with one attached hydrogen (secondary N) is 1. The molecule has 0 unspecified atom stereocenters. The maximum Gasteiger partial charge on any atom is 0.312 e. The van der Waals surface area contributed by atoms with Crippen LogP contribution in [0.15, 0.2) is 24.3 Å². The van der Waals surface area contributed by atoms with Gasteiger partial charge in [-0.2, -0.15) is 0 Å². The molecule has 0 saturated heterocycles. The minimum atomic E-state index is -1.12. The Morgan fingerprint density at radius 1 is 1.30 bits per heavy atom. The molecule has 20 heavy (non-hydrogen) atoms. The Kier molecular flexibility index (Phi) is 5.55. The van der Waals surface area contributed by atoms with E-state index in [4.69, 9.17) is 9.84 Å². The van der Waals surface area contributed by atoms with Crippen molar-refractivity contribution in [1.29, 1.82) is 0 Å². The topological polar surface area (TPSA) is 75.6 Å². The predicted molar refractivity (Wildman–Crippen MR) is 75.8 cm³/mol. The van der Waals surface area contributed by atoms with Crippen LogP contribution in [0.3, 0.4) is 0 Å². The van der Waals surface area contributed by atoms with Crippen LogP contribution in [0.1, 0.15) is 32.8 Å². The molecular weight excluding hydrogens is 258 g/mol. The van der Waals surface area contributed by atoms with E-state index in [0.717, 1.165) is 11.3 Å². The number of benzene rings is 1. The average molecular weight is 279 g/mol. The van der Waals surface area contributed by atoms with Gasteiger partial charge >= 0.3 is 5.97 Å². The molecule has 1 amide bonds. The zero-order valence-electron chi connectivity index (χ0n) is 12.1. The first-order chi connectivity index (χ1) is 9.26. The fraction of sp³-hybridized carbons (Fsp3) is 0.467. The second-order valence-electron chi connectivity index (χ2n) is 5.53. The normalized spacial score (nSPS) is 10.9. The van der Waals surface area contributed by atoms with Gasteiger partial charge in [0, 0.05) is 6.54 Å². The summed E-state index contributed by atoms with van der Waals surface area (Å²) in [7, 11) is 0. The predicted octanol–water partition coefficient (Wildman–Crippen LogP) is 2.00. The second-order valence-corrected chi connectivity index (χ2v) is 5.53. The Morgan fingerprint density at radius 2 is 2.00 bits per heavy atom. The molecule has 110 valence electrons. The minimum Gasteiger partial charge on any atom is -0.488 e. The highest BCUT2D eigenvalue weighted by atomic mass is 16.5. The van der Waals surface area contributed by atoms with Gasteiger partial charge < -0.3 is 15.2 Å². The van der Waals surface area contributed by atoms with Gasteiger partial charge in [-0.1, -0.05) is 12.1 Å². The van der Waals surface area contributed by atoms with E-state index in [1.54, 1.807) is 0 Å². The molecule has 0 radical (unpaired) electrons. The summed E-state index contributed by atoms with van der Waals surface area (Å²) < 4.78 is 5.76. The SMILES string of the molecule is CC(C)(C)Oc1cccc(CCNC(=O)CC(=O)O)c1. The molecule has 0 fully saturated rings. The van der Waals surface area contributed by atoms with Crippen molar-refractivity contribution in [3.63, 3.8) is 0 Å². The van der Waals surface area contributed by atoms with E-state index in [0.29, 0.717) is 13.0 Å². The third-order valence-corrected chi connectivity index (χ3v) is 2.37. The second kappa shape index (κ2) is 6.93. The molecule has 1 aromatic carbocycles. The van der Waals surface area contributed by atoms with Crippen LogP contribution in [0.2, 0.25) is 0 Å². The fourth-order valence-corrected chi connectivity index (χ4v) is 1.66. The Bertz CT molecular complexity index is 477. The quantitative estimate of drug-likeness (QED) is 0.781. The first-order valence-electron chi connectivity index (χ1n) is 6.53. The number of carbonyl (C=O) groups excluding carboxylic acids is 1. The van der Waals surface area contributed by atoms with Gasteiger partial charge in [-0.25, -0.2) is 0 Å². The summed E-state index contributed by atoms with van der Waals surface area (Å²) in [5.41, 5.74) is 0.774. The number of carbonyl (C=O) groups is 2. The molecule has 5 nitrogen and oxygen atoms in total. The molecular formula is C15H21NO4. The van der Waals surface area contributed by atoms with Crippen molar-refractivity contribution in [3.05, 3.63) is 29.8 Å². The van der Waals surface area contributed by atoms with Gasteiger partial charge in [-0.3, -0.25) is 9.59 Å². The van der Waals surface area contributed by atoms with Crippen LogP contribution in [0.5, 0.6) is 5.75 Å². The van der Waals surface area contributed by atoms with Gasteiger partial charge in [0.2, 0.25) is 5.91 Å². The number of hydrogen-bond donors (Lipinski definition) is 2. The highest BCUT2D eigenvalue weighted by Gasteiger charge is 2.12. The van der Waals surface area contributed by atoms with Crippen molar-refractivity contribution in [3.8, 4) is 5.75 Å². The number of rotatable bonds is 6. The average Bonchev–Trinajstić information content (AvgIpc) is 2.25. The number of hydrogen-bond acceptors (Lipinski definition) is 3. The van der Waals surface area contributed by atoms with Crippen molar-refractivity contribution < 1.29 is 19.4 Å². The van der Waals surface area contributed by atoms with E-state index in [1.807, 2.05) is 45.0 Å². The molecule has 0 bridgehead atoms. The lowest BCUT2D eigenvalue weighted by molar-refractivity contribution is -0.140. The largest absolute Gasteiger partial charge is 0.488 e. The summed E-state index contributed by atoms with van der Waals surface area (Å²) in [6.07, 6.45) is 0.139. The molecule has 0 heterocycles. The van der Waals surface area contributed by atoms with Gasteiger partial charge in [0.1, 0.15) is 17.8 Å². The summed E-state index contributed by atoms with van der Waals surface area (Å²) >= 11 is 0. The fourth-order valence-electron chi connectivity index (χ4n) is 1.66. The highest BCUT2D eigenvalue weighted by Crippen LogP contribution is 2.19. The zero-order valence-corrected chi connectivity index (χ0v) is 12.1. The standard InChI is InChI=1S/C15H21NO4/c1-15(2,3)20-12-6-4-5-11(9-12)7-8-16-13(17)10-14(18)19/h4-6,9H,7-8,10H2,1-3H3,(H,16,17)(H,18,19). The van der Waals surface area contributed by atoms with E-state index in [-0.39, 0.29) is 5.60 Å². The summed E-state index contributed by atoms with van der Waals surface area (Å²) in [5, 5.41) is 11.0. The molecule has 0 saturated carbocycles. The Hall–Kier alpha value is -2.04. The molecule has 0 atom stereocenters. The van der Waals surface area contributed by atoms with Crippen LogP contribution in [0, 0.1) is 0 Å². The summed E-state index contributed by atoms with van der Waals surface area (Å²) in [6.45, 7) is 6.34. The number of carboxylic acid groups (broad SMARTS) is 1. The smallest absolute Gasteiger partial charge is 0.312 e. The molecule has 0 aliphatic heterocycles. The molecule has 1 aromatic rings. The molecule has 0 aliphatic rings. The van der Waals surface area contributed by atoms with Crippen LogP contribution >= 0.6 is 0 Å². The van der Waals surface area contributed by atoms with E-state index < -0.39 is 18.3 Å². The minimum absolute atomic E-state index is 0.256. The van der Waals surface area contributed by atoms with Gasteiger partial charge in [0.15, 0.2) is 0 Å². The Labute approximate surface area is 118 Å².